The van der Waals surface area contributed by atoms with Crippen LogP contribution in [0.4, 0.5) is 0 Å². The van der Waals surface area contributed by atoms with Gasteiger partial charge in [0.05, 0.1) is 5.02 Å². The van der Waals surface area contributed by atoms with E-state index < -0.39 is 0 Å². The summed E-state index contributed by atoms with van der Waals surface area (Å²) in [5.41, 5.74) is 8.25. The average molecular weight is 385 g/mol. The monoisotopic (exact) mass is 384 g/mol. The van der Waals surface area contributed by atoms with E-state index in [2.05, 4.69) is 24.3 Å². The van der Waals surface area contributed by atoms with Crippen molar-refractivity contribution in [1.82, 2.24) is 4.90 Å². The number of benzene rings is 2. The molecule has 5 heteroatoms. The molecule has 1 amide bonds. The number of thiophene rings is 1. The molecule has 2 N–H and O–H groups in total. The smallest absolute Gasteiger partial charge is 0.265 e. The maximum atomic E-state index is 13.0. The number of hydrogen-bond acceptors (Lipinski definition) is 3. The van der Waals surface area contributed by atoms with Gasteiger partial charge >= 0.3 is 0 Å². The molecule has 1 fully saturated rings. The van der Waals surface area contributed by atoms with E-state index in [1.54, 1.807) is 0 Å². The molecular weight excluding hydrogens is 364 g/mol. The number of nitrogens with zero attached hydrogens (tertiary/aromatic N) is 1. The number of likely N-dealkylation sites (tertiary alicyclic amines) is 1. The van der Waals surface area contributed by atoms with Crippen LogP contribution in [0.5, 0.6) is 0 Å². The van der Waals surface area contributed by atoms with E-state index in [1.165, 1.54) is 16.9 Å². The number of piperidine rings is 1. The van der Waals surface area contributed by atoms with Gasteiger partial charge in [-0.1, -0.05) is 54.1 Å². The Balaban J connectivity index is 1.48. The lowest BCUT2D eigenvalue weighted by Crippen LogP contribution is -2.37. The lowest BCUT2D eigenvalue weighted by atomic mass is 9.88. The highest BCUT2D eigenvalue weighted by molar-refractivity contribution is 7.21. The Kier molecular flexibility index (Phi) is 4.98. The van der Waals surface area contributed by atoms with Crippen molar-refractivity contribution in [2.24, 2.45) is 5.73 Å². The van der Waals surface area contributed by atoms with E-state index in [1.807, 2.05) is 29.2 Å². The largest absolute Gasteiger partial charge is 0.338 e. The van der Waals surface area contributed by atoms with E-state index >= 15 is 0 Å². The summed E-state index contributed by atoms with van der Waals surface area (Å²) < 4.78 is 1.06. The zero-order chi connectivity index (χ0) is 18.1. The molecule has 134 valence electrons. The molecule has 0 spiro atoms. The quantitative estimate of drug-likeness (QED) is 0.688. The molecule has 0 unspecified atom stereocenters. The first kappa shape index (κ1) is 17.5. The van der Waals surface area contributed by atoms with E-state index in [-0.39, 0.29) is 5.91 Å². The fourth-order valence-corrected chi connectivity index (χ4v) is 5.17. The van der Waals surface area contributed by atoms with Crippen LogP contribution in [0.2, 0.25) is 5.02 Å². The lowest BCUT2D eigenvalue weighted by Gasteiger charge is -2.32. The maximum absolute atomic E-state index is 13.0. The first-order valence-electron chi connectivity index (χ1n) is 8.92. The molecule has 2 aromatic carbocycles. The van der Waals surface area contributed by atoms with Crippen LogP contribution in [0.25, 0.3) is 10.1 Å². The Morgan fingerprint density at radius 2 is 1.92 bits per heavy atom. The Hall–Kier alpha value is -1.88. The highest BCUT2D eigenvalue weighted by Crippen LogP contribution is 2.37. The van der Waals surface area contributed by atoms with Gasteiger partial charge in [0.15, 0.2) is 0 Å². The van der Waals surface area contributed by atoms with Crippen molar-refractivity contribution < 1.29 is 4.79 Å². The summed E-state index contributed by atoms with van der Waals surface area (Å²) in [6.45, 7) is 2.09. The third kappa shape index (κ3) is 3.25. The van der Waals surface area contributed by atoms with E-state index in [4.69, 9.17) is 17.3 Å². The maximum Gasteiger partial charge on any atom is 0.265 e. The van der Waals surface area contributed by atoms with Gasteiger partial charge in [-0.2, -0.15) is 0 Å². The summed E-state index contributed by atoms with van der Waals surface area (Å²) in [4.78, 5) is 15.6. The summed E-state index contributed by atoms with van der Waals surface area (Å²) in [5.74, 6) is 0.550. The normalized spacial score (nSPS) is 15.5. The van der Waals surface area contributed by atoms with Crippen LogP contribution in [0.3, 0.4) is 0 Å². The molecule has 0 atom stereocenters. The van der Waals surface area contributed by atoms with Crippen LogP contribution in [0.1, 0.15) is 39.6 Å². The van der Waals surface area contributed by atoms with Crippen molar-refractivity contribution in [2.45, 2.75) is 25.3 Å². The minimum absolute atomic E-state index is 0.0605. The van der Waals surface area contributed by atoms with E-state index in [0.717, 1.165) is 41.6 Å². The van der Waals surface area contributed by atoms with Gasteiger partial charge in [-0.05, 0) is 36.0 Å². The zero-order valence-electron chi connectivity index (χ0n) is 14.5. The molecular formula is C21H21ClN2OS. The summed E-state index contributed by atoms with van der Waals surface area (Å²) >= 11 is 7.97. The van der Waals surface area contributed by atoms with Crippen molar-refractivity contribution >= 4 is 38.9 Å². The zero-order valence-corrected chi connectivity index (χ0v) is 16.0. The number of fused-ring (bicyclic) bond motifs is 1. The van der Waals surface area contributed by atoms with Gasteiger partial charge < -0.3 is 10.6 Å². The molecule has 0 aliphatic carbocycles. The molecule has 1 aliphatic rings. The minimum Gasteiger partial charge on any atom is -0.338 e. The number of carbonyl (C=O) groups is 1. The second-order valence-electron chi connectivity index (χ2n) is 6.76. The standard InChI is InChI=1S/C21H21ClN2OS/c22-19-17-6-1-2-7-18(17)26-20(19)21(25)24-10-8-15(9-11-24)16-5-3-4-14(12-16)13-23/h1-7,12,15H,8-11,13,23H2. The van der Waals surface area contributed by atoms with Crippen molar-refractivity contribution in [3.63, 3.8) is 0 Å². The van der Waals surface area contributed by atoms with Crippen LogP contribution < -0.4 is 5.73 Å². The Morgan fingerprint density at radius 3 is 2.65 bits per heavy atom. The molecule has 1 aliphatic heterocycles. The number of halogens is 1. The summed E-state index contributed by atoms with van der Waals surface area (Å²) in [7, 11) is 0. The number of rotatable bonds is 3. The van der Waals surface area contributed by atoms with Gasteiger partial charge in [-0.25, -0.2) is 0 Å². The molecule has 0 radical (unpaired) electrons. The third-order valence-electron chi connectivity index (χ3n) is 5.17. The predicted octanol–water partition coefficient (Wildman–Crippen LogP) is 5.03. The molecule has 26 heavy (non-hydrogen) atoms. The molecule has 4 rings (SSSR count). The first-order valence-corrected chi connectivity index (χ1v) is 10.1. The Bertz CT molecular complexity index is 944. The predicted molar refractivity (Wildman–Crippen MR) is 109 cm³/mol. The van der Waals surface area contributed by atoms with Gasteiger partial charge in [-0.3, -0.25) is 4.79 Å². The number of nitrogens with two attached hydrogens (primary N) is 1. The summed E-state index contributed by atoms with van der Waals surface area (Å²) in [6.07, 6.45) is 1.95. The lowest BCUT2D eigenvalue weighted by molar-refractivity contribution is 0.0718. The molecule has 3 nitrogen and oxygen atoms in total. The number of carbonyl (C=O) groups excluding carboxylic acids is 1. The fraction of sp³-hybridized carbons (Fsp3) is 0.286. The van der Waals surface area contributed by atoms with Crippen LogP contribution in [0.15, 0.2) is 48.5 Å². The molecule has 0 saturated carbocycles. The highest BCUT2D eigenvalue weighted by atomic mass is 35.5. The van der Waals surface area contributed by atoms with Crippen molar-refractivity contribution in [1.29, 1.82) is 0 Å². The van der Waals surface area contributed by atoms with Gasteiger partial charge in [0.25, 0.3) is 5.91 Å². The van der Waals surface area contributed by atoms with Gasteiger partial charge in [0.2, 0.25) is 0 Å². The van der Waals surface area contributed by atoms with Crippen LogP contribution in [-0.2, 0) is 6.54 Å². The molecule has 3 aromatic rings. The number of hydrogen-bond donors (Lipinski definition) is 1. The molecule has 1 aromatic heterocycles. The van der Waals surface area contributed by atoms with Crippen molar-refractivity contribution in [3.05, 3.63) is 69.6 Å². The third-order valence-corrected chi connectivity index (χ3v) is 6.83. The van der Waals surface area contributed by atoms with Gasteiger partial charge in [0, 0.05) is 29.7 Å². The van der Waals surface area contributed by atoms with Crippen molar-refractivity contribution in [2.75, 3.05) is 13.1 Å². The average Bonchev–Trinajstić information content (AvgIpc) is 3.04. The van der Waals surface area contributed by atoms with Crippen LogP contribution in [-0.4, -0.2) is 23.9 Å². The summed E-state index contributed by atoms with van der Waals surface area (Å²) in [6, 6.07) is 16.4. The first-order chi connectivity index (χ1) is 12.7. The van der Waals surface area contributed by atoms with Crippen molar-refractivity contribution in [3.8, 4) is 0 Å². The second-order valence-corrected chi connectivity index (χ2v) is 8.19. The fourth-order valence-electron chi connectivity index (χ4n) is 3.69. The highest BCUT2D eigenvalue weighted by Gasteiger charge is 2.27. The van der Waals surface area contributed by atoms with Crippen LogP contribution in [0, 0.1) is 0 Å². The second kappa shape index (κ2) is 7.39. The van der Waals surface area contributed by atoms with Gasteiger partial charge in [-0.15, -0.1) is 11.3 Å². The van der Waals surface area contributed by atoms with E-state index in [0.29, 0.717) is 22.4 Å². The summed E-state index contributed by atoms with van der Waals surface area (Å²) in [5, 5.41) is 1.56. The Labute approximate surface area is 162 Å². The number of amides is 1. The topological polar surface area (TPSA) is 46.3 Å². The SMILES string of the molecule is NCc1cccc(C2CCN(C(=O)c3sc4ccccc4c3Cl)CC2)c1. The molecule has 0 bridgehead atoms. The molecule has 1 saturated heterocycles. The Morgan fingerprint density at radius 1 is 1.15 bits per heavy atom. The van der Waals surface area contributed by atoms with Crippen LogP contribution >= 0.6 is 22.9 Å². The van der Waals surface area contributed by atoms with Gasteiger partial charge in [0.1, 0.15) is 4.88 Å². The van der Waals surface area contributed by atoms with E-state index in [9.17, 15) is 4.79 Å². The minimum atomic E-state index is 0.0605. The molecule has 2 heterocycles.